The van der Waals surface area contributed by atoms with E-state index in [0.717, 1.165) is 22.6 Å². The number of nitrogens with one attached hydrogen (secondary N) is 1. The van der Waals surface area contributed by atoms with E-state index in [1.807, 2.05) is 53.6 Å². The van der Waals surface area contributed by atoms with Gasteiger partial charge in [0, 0.05) is 17.6 Å². The number of carbonyl (C=O) groups excluding carboxylic acids is 1. The van der Waals surface area contributed by atoms with Gasteiger partial charge < -0.3 is 24.6 Å². The number of hydrogen-bond donors (Lipinski definition) is 2. The van der Waals surface area contributed by atoms with Gasteiger partial charge in [-0.1, -0.05) is 18.2 Å². The highest BCUT2D eigenvalue weighted by Crippen LogP contribution is 2.41. The molecule has 4 rings (SSSR count). The number of hydrogen-bond acceptors (Lipinski definition) is 5. The van der Waals surface area contributed by atoms with E-state index >= 15 is 0 Å². The van der Waals surface area contributed by atoms with E-state index in [2.05, 4.69) is 16.4 Å². The molecule has 2 N–H and O–H groups in total. The third-order valence-electron chi connectivity index (χ3n) is 5.71. The van der Waals surface area contributed by atoms with Crippen molar-refractivity contribution in [2.45, 2.75) is 32.9 Å². The predicted molar refractivity (Wildman–Crippen MR) is 126 cm³/mol. The average molecular weight is 451 g/mol. The number of ether oxygens (including phenoxy) is 1. The number of phenols is 1. The van der Waals surface area contributed by atoms with Crippen LogP contribution in [0.4, 0.5) is 0 Å². The van der Waals surface area contributed by atoms with Crippen molar-refractivity contribution >= 4 is 23.3 Å². The highest BCUT2D eigenvalue weighted by Gasteiger charge is 2.42. The van der Waals surface area contributed by atoms with Gasteiger partial charge in [-0.15, -0.1) is 0 Å². The molecule has 1 saturated heterocycles. The topological polar surface area (TPSA) is 79.6 Å². The molecule has 8 heteroatoms. The van der Waals surface area contributed by atoms with Crippen molar-refractivity contribution in [2.24, 2.45) is 0 Å². The summed E-state index contributed by atoms with van der Waals surface area (Å²) in [5, 5.41) is 14.3. The lowest BCUT2D eigenvalue weighted by atomic mass is 9.97. The van der Waals surface area contributed by atoms with Crippen molar-refractivity contribution in [1.29, 1.82) is 0 Å². The van der Waals surface area contributed by atoms with E-state index in [1.54, 1.807) is 25.3 Å². The lowest BCUT2D eigenvalue weighted by Crippen LogP contribution is -2.35. The predicted octanol–water partition coefficient (Wildman–Crippen LogP) is 3.73. The lowest BCUT2D eigenvalue weighted by Gasteiger charge is -2.27. The molecule has 1 aromatic carbocycles. The number of aromatic hydroxyl groups is 1. The number of esters is 1. The fourth-order valence-corrected chi connectivity index (χ4v) is 4.68. The largest absolute Gasteiger partial charge is 0.506 e. The summed E-state index contributed by atoms with van der Waals surface area (Å²) in [5.74, 6) is -0.136. The molecule has 166 valence electrons. The molecule has 0 amide bonds. The van der Waals surface area contributed by atoms with Crippen LogP contribution < -0.4 is 5.32 Å². The zero-order valence-electron chi connectivity index (χ0n) is 18.3. The number of carbonyl (C=O) groups is 1. The van der Waals surface area contributed by atoms with Crippen molar-refractivity contribution in [3.8, 4) is 11.4 Å². The van der Waals surface area contributed by atoms with Crippen molar-refractivity contribution in [1.82, 2.24) is 19.8 Å². The number of aryl methyl sites for hydroxylation is 1. The van der Waals surface area contributed by atoms with Gasteiger partial charge >= 0.3 is 5.97 Å². The summed E-state index contributed by atoms with van der Waals surface area (Å²) in [4.78, 5) is 18.8. The number of para-hydroxylation sites is 2. The molecule has 0 radical (unpaired) electrons. The second-order valence-corrected chi connectivity index (χ2v) is 8.10. The molecular formula is C24H26N4O3S. The van der Waals surface area contributed by atoms with Gasteiger partial charge in [-0.2, -0.15) is 0 Å². The Hall–Kier alpha value is -3.39. The Morgan fingerprint density at radius 1 is 1.22 bits per heavy atom. The number of benzene rings is 1. The molecule has 0 spiro atoms. The second kappa shape index (κ2) is 9.00. The molecule has 0 saturated carbocycles. The van der Waals surface area contributed by atoms with Gasteiger partial charge in [-0.3, -0.25) is 9.78 Å². The summed E-state index contributed by atoms with van der Waals surface area (Å²) in [6, 6.07) is 14.6. The smallest absolute Gasteiger partial charge is 0.325 e. The van der Waals surface area contributed by atoms with Crippen LogP contribution in [0, 0.1) is 13.8 Å². The number of aromatic nitrogens is 2. The van der Waals surface area contributed by atoms with Gasteiger partial charge in [0.1, 0.15) is 12.3 Å². The Morgan fingerprint density at radius 2 is 1.97 bits per heavy atom. The van der Waals surface area contributed by atoms with Crippen molar-refractivity contribution in [3.05, 3.63) is 77.4 Å². The molecule has 1 aliphatic rings. The van der Waals surface area contributed by atoms with Gasteiger partial charge in [-0.25, -0.2) is 0 Å². The molecule has 1 fully saturated rings. The standard InChI is InChI=1S/C24H26N4O3S/c1-4-31-21(30)14-27-23(22(26-24(27)32)18-9-7-8-12-25-18)17-13-15(2)28(16(17)3)19-10-5-6-11-20(19)29/h5-13,22-23,29H,4,14H2,1-3H3,(H,26,32). The van der Waals surface area contributed by atoms with E-state index in [9.17, 15) is 9.90 Å². The Morgan fingerprint density at radius 3 is 2.66 bits per heavy atom. The van der Waals surface area contributed by atoms with Crippen molar-refractivity contribution in [3.63, 3.8) is 0 Å². The molecule has 1 aliphatic heterocycles. The monoisotopic (exact) mass is 450 g/mol. The number of pyridine rings is 1. The summed E-state index contributed by atoms with van der Waals surface area (Å²) in [7, 11) is 0. The molecule has 7 nitrogen and oxygen atoms in total. The van der Waals surface area contributed by atoms with Crippen LogP contribution in [0.2, 0.25) is 0 Å². The second-order valence-electron chi connectivity index (χ2n) is 7.71. The Labute approximate surface area is 192 Å². The average Bonchev–Trinajstić information content (AvgIpc) is 3.25. The maximum Gasteiger partial charge on any atom is 0.325 e. The fourth-order valence-electron chi connectivity index (χ4n) is 4.37. The molecule has 32 heavy (non-hydrogen) atoms. The molecule has 0 aliphatic carbocycles. The quantitative estimate of drug-likeness (QED) is 0.438. The van der Waals surface area contributed by atoms with Crippen molar-refractivity contribution < 1.29 is 14.6 Å². The first kappa shape index (κ1) is 21.8. The third kappa shape index (κ3) is 3.93. The number of thiocarbonyl (C=S) groups is 1. The zero-order chi connectivity index (χ0) is 22.8. The lowest BCUT2D eigenvalue weighted by molar-refractivity contribution is -0.143. The number of nitrogens with zero attached hydrogens (tertiary/aromatic N) is 3. The van der Waals surface area contributed by atoms with E-state index in [4.69, 9.17) is 17.0 Å². The fraction of sp³-hybridized carbons (Fsp3) is 0.292. The van der Waals surface area contributed by atoms with Crippen LogP contribution >= 0.6 is 12.2 Å². The minimum Gasteiger partial charge on any atom is -0.506 e. The molecule has 3 aromatic rings. The minimum atomic E-state index is -0.335. The zero-order valence-corrected chi connectivity index (χ0v) is 19.1. The van der Waals surface area contributed by atoms with Crippen LogP contribution in [0.25, 0.3) is 5.69 Å². The van der Waals surface area contributed by atoms with Crippen LogP contribution in [-0.2, 0) is 9.53 Å². The van der Waals surface area contributed by atoms with Crippen molar-refractivity contribution in [2.75, 3.05) is 13.2 Å². The molecule has 2 unspecified atom stereocenters. The Kier molecular flexibility index (Phi) is 6.14. The summed E-state index contributed by atoms with van der Waals surface area (Å²) in [6.07, 6.45) is 1.75. The maximum atomic E-state index is 12.4. The third-order valence-corrected chi connectivity index (χ3v) is 6.07. The Bertz CT molecular complexity index is 1150. The summed E-state index contributed by atoms with van der Waals surface area (Å²) >= 11 is 5.63. The van der Waals surface area contributed by atoms with Crippen LogP contribution in [0.3, 0.4) is 0 Å². The van der Waals surface area contributed by atoms with Crippen LogP contribution in [0.5, 0.6) is 5.75 Å². The maximum absolute atomic E-state index is 12.4. The number of rotatable bonds is 6. The van der Waals surface area contributed by atoms with E-state index in [1.165, 1.54) is 0 Å². The molecule has 2 aromatic heterocycles. The van der Waals surface area contributed by atoms with E-state index in [-0.39, 0.29) is 30.3 Å². The van der Waals surface area contributed by atoms with Crippen LogP contribution in [0.1, 0.15) is 41.7 Å². The summed E-state index contributed by atoms with van der Waals surface area (Å²) in [6.45, 7) is 6.13. The number of phenolic OH excluding ortho intramolecular Hbond substituents is 1. The summed E-state index contributed by atoms with van der Waals surface area (Å²) < 4.78 is 7.22. The molecule has 2 atom stereocenters. The van der Waals surface area contributed by atoms with E-state index in [0.29, 0.717) is 17.4 Å². The highest BCUT2D eigenvalue weighted by molar-refractivity contribution is 7.80. The first-order valence-electron chi connectivity index (χ1n) is 10.5. The summed E-state index contributed by atoms with van der Waals surface area (Å²) in [5.41, 5.74) is 4.45. The van der Waals surface area contributed by atoms with Gasteiger partial charge in [0.25, 0.3) is 0 Å². The Balaban J connectivity index is 1.83. The minimum absolute atomic E-state index is 0.0356. The SMILES string of the molecule is CCOC(=O)CN1C(=S)NC(c2ccccn2)C1c1cc(C)n(-c2ccccc2O)c1C. The van der Waals surface area contributed by atoms with Gasteiger partial charge in [0.15, 0.2) is 5.11 Å². The van der Waals surface area contributed by atoms with Gasteiger partial charge in [0.05, 0.1) is 30.1 Å². The first-order chi connectivity index (χ1) is 15.4. The normalized spacial score (nSPS) is 18.0. The van der Waals surface area contributed by atoms with Crippen LogP contribution in [-0.4, -0.2) is 43.8 Å². The van der Waals surface area contributed by atoms with E-state index < -0.39 is 0 Å². The van der Waals surface area contributed by atoms with Gasteiger partial charge in [-0.05, 0) is 68.9 Å². The molecular weight excluding hydrogens is 424 g/mol. The highest BCUT2D eigenvalue weighted by atomic mass is 32.1. The van der Waals surface area contributed by atoms with Crippen LogP contribution in [0.15, 0.2) is 54.7 Å². The van der Waals surface area contributed by atoms with Gasteiger partial charge in [0.2, 0.25) is 0 Å². The first-order valence-corrected chi connectivity index (χ1v) is 10.9. The molecule has 0 bridgehead atoms. The molecule has 3 heterocycles.